The van der Waals surface area contributed by atoms with Gasteiger partial charge in [0.05, 0.1) is 4.47 Å². The largest absolute Gasteiger partial charge is 1.00 e. The molecule has 0 saturated heterocycles. The normalized spacial score (nSPS) is 10.6. The molecule has 0 radical (unpaired) electrons. The molecule has 0 aliphatic heterocycles. The van der Waals surface area contributed by atoms with Gasteiger partial charge in [-0.3, -0.25) is 9.79 Å². The van der Waals surface area contributed by atoms with Crippen LogP contribution in [0.5, 0.6) is 5.75 Å². The average molecular weight is 372 g/mol. The van der Waals surface area contributed by atoms with Crippen molar-refractivity contribution in [3.8, 4) is 5.75 Å². The zero-order chi connectivity index (χ0) is 10.1. The molecule has 2 N–H and O–H groups in total. The number of hydrogen-bond donors (Lipinski definition) is 2. The Morgan fingerprint density at radius 1 is 1.36 bits per heavy atom. The Hall–Kier alpha value is 1.77. The molecule has 0 heterocycles. The third kappa shape index (κ3) is 5.74. The predicted octanol–water partition coefficient (Wildman–Crippen LogP) is -0.200. The molecule has 0 bridgehead atoms. The van der Waals surface area contributed by atoms with Gasteiger partial charge in [0, 0.05) is 4.47 Å². The fourth-order valence-corrected chi connectivity index (χ4v) is 2.35. The van der Waals surface area contributed by atoms with Crippen molar-refractivity contribution in [2.24, 2.45) is 0 Å². The number of hydrogen-bond acceptors (Lipinski definition) is 2. The van der Waals surface area contributed by atoms with Crippen molar-refractivity contribution in [2.45, 2.75) is 0 Å². The van der Waals surface area contributed by atoms with E-state index in [0.717, 1.165) is 4.47 Å². The Balaban J connectivity index is 0. The molecule has 0 amide bonds. The first-order valence-corrected chi connectivity index (χ1v) is 6.20. The zero-order valence-corrected chi connectivity index (χ0v) is 14.3. The molecule has 1 rings (SSSR count). The second kappa shape index (κ2) is 6.49. The quantitative estimate of drug-likeness (QED) is 0.558. The maximum atomic E-state index is 10.5. The van der Waals surface area contributed by atoms with Gasteiger partial charge in [-0.2, -0.15) is 0 Å². The molecule has 0 spiro atoms. The standard InChI is InChI=1S/C6H5Br2O4P.K.H/c7-4-1-2-6(5(8)3-4)12-13(9,10)11;;/h1-3H,(H2,9,10,11);;/q;+1;-1. The van der Waals surface area contributed by atoms with E-state index in [1.165, 1.54) is 6.07 Å². The maximum Gasteiger partial charge on any atom is 1.00 e. The van der Waals surface area contributed by atoms with Gasteiger partial charge in [0.1, 0.15) is 5.75 Å². The van der Waals surface area contributed by atoms with Crippen LogP contribution in [0.4, 0.5) is 0 Å². The Bertz CT molecular complexity index is 372. The first-order chi connectivity index (χ1) is 5.88. The zero-order valence-electron chi connectivity index (χ0n) is 8.15. The monoisotopic (exact) mass is 370 g/mol. The molecule has 74 valence electrons. The van der Waals surface area contributed by atoms with Crippen molar-refractivity contribution in [1.82, 2.24) is 0 Å². The summed E-state index contributed by atoms with van der Waals surface area (Å²) in [5.41, 5.74) is 0. The van der Waals surface area contributed by atoms with Crippen LogP contribution in [0.1, 0.15) is 1.43 Å². The maximum absolute atomic E-state index is 10.5. The van der Waals surface area contributed by atoms with Crippen LogP contribution in [0.15, 0.2) is 27.1 Å². The minimum Gasteiger partial charge on any atom is -1.00 e. The number of rotatable bonds is 2. The van der Waals surface area contributed by atoms with Gasteiger partial charge in [-0.25, -0.2) is 4.57 Å². The molecule has 1 aromatic rings. The van der Waals surface area contributed by atoms with Crippen LogP contribution in [0.3, 0.4) is 0 Å². The van der Waals surface area contributed by atoms with Crippen molar-refractivity contribution in [3.05, 3.63) is 27.1 Å². The molecular weight excluding hydrogens is 366 g/mol. The van der Waals surface area contributed by atoms with Gasteiger partial charge in [-0.1, -0.05) is 15.9 Å². The molecule has 0 unspecified atom stereocenters. The van der Waals surface area contributed by atoms with E-state index in [9.17, 15) is 4.57 Å². The summed E-state index contributed by atoms with van der Waals surface area (Å²) >= 11 is 6.30. The molecule has 14 heavy (non-hydrogen) atoms. The minimum absolute atomic E-state index is 0. The van der Waals surface area contributed by atoms with E-state index in [4.69, 9.17) is 9.79 Å². The van der Waals surface area contributed by atoms with Gasteiger partial charge in [-0.05, 0) is 34.1 Å². The Morgan fingerprint density at radius 3 is 2.36 bits per heavy atom. The van der Waals surface area contributed by atoms with Crippen molar-refractivity contribution in [3.63, 3.8) is 0 Å². The molecule has 4 nitrogen and oxygen atoms in total. The van der Waals surface area contributed by atoms with Gasteiger partial charge in [0.15, 0.2) is 0 Å². The van der Waals surface area contributed by atoms with E-state index in [1.54, 1.807) is 12.1 Å². The fraction of sp³-hybridized carbons (Fsp3) is 0. The summed E-state index contributed by atoms with van der Waals surface area (Å²) in [5.74, 6) is 0.108. The van der Waals surface area contributed by atoms with Crippen LogP contribution in [0.25, 0.3) is 0 Å². The van der Waals surface area contributed by atoms with E-state index in [1.807, 2.05) is 0 Å². The first-order valence-electron chi connectivity index (χ1n) is 3.09. The first kappa shape index (κ1) is 15.8. The summed E-state index contributed by atoms with van der Waals surface area (Å²) < 4.78 is 16.1. The van der Waals surface area contributed by atoms with Crippen molar-refractivity contribution in [1.29, 1.82) is 0 Å². The van der Waals surface area contributed by atoms with Gasteiger partial charge < -0.3 is 5.95 Å². The molecule has 1 aromatic carbocycles. The Kier molecular flexibility index (Phi) is 7.31. The van der Waals surface area contributed by atoms with Crippen LogP contribution >= 0.6 is 39.7 Å². The number of benzene rings is 1. The molecule has 0 aromatic heterocycles. The van der Waals surface area contributed by atoms with Gasteiger partial charge >= 0.3 is 59.2 Å². The summed E-state index contributed by atoms with van der Waals surface area (Å²) in [6.07, 6.45) is 0. The summed E-state index contributed by atoms with van der Waals surface area (Å²) in [4.78, 5) is 17.0. The average Bonchev–Trinajstić information content (AvgIpc) is 1.93. The number of phosphoric acid groups is 1. The smallest absolute Gasteiger partial charge is 1.00 e. The Labute approximate surface area is 142 Å². The van der Waals surface area contributed by atoms with E-state index in [-0.39, 0.29) is 58.6 Å². The second-order valence-corrected chi connectivity index (χ2v) is 5.09. The molecule has 0 fully saturated rings. The number of halogens is 2. The molecule has 8 heteroatoms. The minimum atomic E-state index is -4.47. The second-order valence-electron chi connectivity index (χ2n) is 2.16. The van der Waals surface area contributed by atoms with E-state index >= 15 is 0 Å². The topological polar surface area (TPSA) is 66.8 Å². The molecule has 0 atom stereocenters. The predicted molar refractivity (Wildman–Crippen MR) is 55.6 cm³/mol. The summed E-state index contributed by atoms with van der Waals surface area (Å²) in [7, 11) is -4.47. The van der Waals surface area contributed by atoms with E-state index in [0.29, 0.717) is 4.47 Å². The summed E-state index contributed by atoms with van der Waals surface area (Å²) in [6, 6.07) is 4.70. The summed E-state index contributed by atoms with van der Waals surface area (Å²) in [5, 5.41) is 0. The van der Waals surface area contributed by atoms with Crippen LogP contribution in [-0.4, -0.2) is 9.79 Å². The molecule has 0 aliphatic rings. The van der Waals surface area contributed by atoms with Crippen LogP contribution in [0.2, 0.25) is 0 Å². The van der Waals surface area contributed by atoms with Crippen LogP contribution < -0.4 is 55.9 Å². The Morgan fingerprint density at radius 2 is 1.93 bits per heavy atom. The van der Waals surface area contributed by atoms with Crippen LogP contribution in [-0.2, 0) is 4.57 Å². The summed E-state index contributed by atoms with van der Waals surface area (Å²) in [6.45, 7) is 0. The molecular formula is C6H6Br2KO4P. The van der Waals surface area contributed by atoms with Crippen LogP contribution in [0, 0.1) is 0 Å². The third-order valence-corrected chi connectivity index (χ3v) is 2.66. The van der Waals surface area contributed by atoms with Gasteiger partial charge in [0.25, 0.3) is 0 Å². The number of phosphoric ester groups is 1. The molecule has 0 aliphatic carbocycles. The van der Waals surface area contributed by atoms with Gasteiger partial charge in [-0.15, -0.1) is 0 Å². The van der Waals surface area contributed by atoms with E-state index < -0.39 is 7.82 Å². The van der Waals surface area contributed by atoms with Crippen molar-refractivity contribution in [2.75, 3.05) is 0 Å². The van der Waals surface area contributed by atoms with E-state index in [2.05, 4.69) is 36.4 Å². The van der Waals surface area contributed by atoms with Gasteiger partial charge in [0.2, 0.25) is 0 Å². The third-order valence-electron chi connectivity index (χ3n) is 1.11. The fourth-order valence-electron chi connectivity index (χ4n) is 0.677. The van der Waals surface area contributed by atoms with Crippen molar-refractivity contribution < 1.29 is 71.7 Å². The van der Waals surface area contributed by atoms with Crippen molar-refractivity contribution >= 4 is 39.7 Å². The molecule has 0 saturated carbocycles. The SMILES string of the molecule is O=P(O)(O)Oc1ccc(Br)cc1Br.[H-].[K+].